The van der Waals surface area contributed by atoms with Crippen molar-refractivity contribution in [3.05, 3.63) is 42.1 Å². The zero-order chi connectivity index (χ0) is 15.6. The van der Waals surface area contributed by atoms with Gasteiger partial charge in [0.2, 0.25) is 5.95 Å². The summed E-state index contributed by atoms with van der Waals surface area (Å²) in [5, 5.41) is 6.40. The van der Waals surface area contributed by atoms with Gasteiger partial charge in [-0.05, 0) is 30.2 Å². The molecule has 0 bridgehead atoms. The first-order chi connectivity index (χ1) is 10.8. The second kappa shape index (κ2) is 8.84. The summed E-state index contributed by atoms with van der Waals surface area (Å²) in [6.07, 6.45) is 2.65. The predicted octanol–water partition coefficient (Wildman–Crippen LogP) is 2.20. The molecule has 0 fully saturated rings. The lowest BCUT2D eigenvalue weighted by Gasteiger charge is -2.08. The standard InChI is InChI=1S/C16H22N4O2/c1-21-12-11-19-16-18-10-8-15(20-16)17-9-7-13-3-5-14(22-2)6-4-13/h3-6,8,10H,7,9,11-12H2,1-2H3,(H2,17,18,19,20). The number of nitrogens with one attached hydrogen (secondary N) is 2. The first-order valence-corrected chi connectivity index (χ1v) is 7.24. The van der Waals surface area contributed by atoms with Gasteiger partial charge in [-0.25, -0.2) is 4.98 Å². The minimum absolute atomic E-state index is 0.603. The average Bonchev–Trinajstić information content (AvgIpc) is 2.56. The second-order valence-electron chi connectivity index (χ2n) is 4.71. The van der Waals surface area contributed by atoms with Gasteiger partial charge in [-0.3, -0.25) is 0 Å². The van der Waals surface area contributed by atoms with E-state index in [2.05, 4.69) is 32.7 Å². The lowest BCUT2D eigenvalue weighted by atomic mass is 10.1. The SMILES string of the molecule is COCCNc1nccc(NCCc2ccc(OC)cc2)n1. The monoisotopic (exact) mass is 302 g/mol. The van der Waals surface area contributed by atoms with Gasteiger partial charge < -0.3 is 20.1 Å². The third-order valence-electron chi connectivity index (χ3n) is 3.12. The molecule has 0 radical (unpaired) electrons. The molecular formula is C16H22N4O2. The van der Waals surface area contributed by atoms with E-state index in [0.717, 1.165) is 24.5 Å². The first-order valence-electron chi connectivity index (χ1n) is 7.24. The Morgan fingerprint density at radius 3 is 2.55 bits per heavy atom. The number of anilines is 2. The number of ether oxygens (including phenoxy) is 2. The third kappa shape index (κ3) is 5.21. The number of benzene rings is 1. The average molecular weight is 302 g/mol. The highest BCUT2D eigenvalue weighted by Gasteiger charge is 1.99. The fraction of sp³-hybridized carbons (Fsp3) is 0.375. The fourth-order valence-corrected chi connectivity index (χ4v) is 1.93. The van der Waals surface area contributed by atoms with Crippen LogP contribution < -0.4 is 15.4 Å². The first kappa shape index (κ1) is 16.0. The van der Waals surface area contributed by atoms with Gasteiger partial charge in [0.15, 0.2) is 0 Å². The fourth-order valence-electron chi connectivity index (χ4n) is 1.93. The lowest BCUT2D eigenvalue weighted by molar-refractivity contribution is 0.210. The van der Waals surface area contributed by atoms with Gasteiger partial charge in [-0.1, -0.05) is 12.1 Å². The summed E-state index contributed by atoms with van der Waals surface area (Å²) in [6.45, 7) is 2.12. The highest BCUT2D eigenvalue weighted by Crippen LogP contribution is 2.12. The van der Waals surface area contributed by atoms with E-state index in [-0.39, 0.29) is 0 Å². The number of nitrogens with zero attached hydrogens (tertiary/aromatic N) is 2. The smallest absolute Gasteiger partial charge is 0.224 e. The number of methoxy groups -OCH3 is 2. The minimum Gasteiger partial charge on any atom is -0.497 e. The molecule has 1 aromatic heterocycles. The Kier molecular flexibility index (Phi) is 6.44. The molecule has 0 atom stereocenters. The van der Waals surface area contributed by atoms with E-state index in [1.54, 1.807) is 20.4 Å². The predicted molar refractivity (Wildman–Crippen MR) is 87.6 cm³/mol. The van der Waals surface area contributed by atoms with Crippen LogP contribution in [0.25, 0.3) is 0 Å². The molecule has 6 heteroatoms. The molecule has 0 aliphatic rings. The largest absolute Gasteiger partial charge is 0.497 e. The zero-order valence-corrected chi connectivity index (χ0v) is 13.0. The summed E-state index contributed by atoms with van der Waals surface area (Å²) >= 11 is 0. The van der Waals surface area contributed by atoms with Crippen LogP contribution in [0.4, 0.5) is 11.8 Å². The normalized spacial score (nSPS) is 10.3. The van der Waals surface area contributed by atoms with Gasteiger partial charge in [0.25, 0.3) is 0 Å². The summed E-state index contributed by atoms with van der Waals surface area (Å²) in [7, 11) is 3.34. The molecule has 118 valence electrons. The van der Waals surface area contributed by atoms with Crippen molar-refractivity contribution in [2.45, 2.75) is 6.42 Å². The van der Waals surface area contributed by atoms with Gasteiger partial charge in [-0.15, -0.1) is 0 Å². The Balaban J connectivity index is 1.79. The summed E-state index contributed by atoms with van der Waals surface area (Å²) in [4.78, 5) is 8.56. The zero-order valence-electron chi connectivity index (χ0n) is 13.0. The molecule has 1 aromatic carbocycles. The van der Waals surface area contributed by atoms with Crippen LogP contribution in [0.15, 0.2) is 36.5 Å². The maximum atomic E-state index is 5.15. The van der Waals surface area contributed by atoms with Gasteiger partial charge >= 0.3 is 0 Å². The molecule has 2 rings (SSSR count). The van der Waals surface area contributed by atoms with E-state index in [1.165, 1.54) is 5.56 Å². The molecule has 22 heavy (non-hydrogen) atoms. The van der Waals surface area contributed by atoms with Crippen LogP contribution in [0, 0.1) is 0 Å². The molecule has 0 aliphatic carbocycles. The van der Waals surface area contributed by atoms with Crippen LogP contribution >= 0.6 is 0 Å². The maximum absolute atomic E-state index is 5.15. The Labute approximate surface area is 130 Å². The molecule has 1 heterocycles. The van der Waals surface area contributed by atoms with Crippen molar-refractivity contribution < 1.29 is 9.47 Å². The maximum Gasteiger partial charge on any atom is 0.224 e. The number of hydrogen-bond donors (Lipinski definition) is 2. The summed E-state index contributed by atoms with van der Waals surface area (Å²) in [5.74, 6) is 2.29. The second-order valence-corrected chi connectivity index (χ2v) is 4.71. The number of hydrogen-bond acceptors (Lipinski definition) is 6. The van der Waals surface area contributed by atoms with Gasteiger partial charge in [0.05, 0.1) is 13.7 Å². The van der Waals surface area contributed by atoms with Crippen molar-refractivity contribution in [3.63, 3.8) is 0 Å². The van der Waals surface area contributed by atoms with Crippen LogP contribution in [0.1, 0.15) is 5.56 Å². The van der Waals surface area contributed by atoms with E-state index < -0.39 is 0 Å². The van der Waals surface area contributed by atoms with Crippen molar-refractivity contribution in [2.24, 2.45) is 0 Å². The van der Waals surface area contributed by atoms with Crippen LogP contribution in [0.3, 0.4) is 0 Å². The quantitative estimate of drug-likeness (QED) is 0.692. The van der Waals surface area contributed by atoms with Crippen molar-refractivity contribution in [2.75, 3.05) is 44.5 Å². The highest BCUT2D eigenvalue weighted by molar-refractivity contribution is 5.39. The van der Waals surface area contributed by atoms with E-state index in [0.29, 0.717) is 19.1 Å². The minimum atomic E-state index is 0.603. The Morgan fingerprint density at radius 1 is 1.00 bits per heavy atom. The van der Waals surface area contributed by atoms with E-state index in [4.69, 9.17) is 9.47 Å². The highest BCUT2D eigenvalue weighted by atomic mass is 16.5. The van der Waals surface area contributed by atoms with Crippen molar-refractivity contribution in [1.82, 2.24) is 9.97 Å². The van der Waals surface area contributed by atoms with E-state index >= 15 is 0 Å². The molecule has 0 aliphatic heterocycles. The Morgan fingerprint density at radius 2 is 1.82 bits per heavy atom. The summed E-state index contributed by atoms with van der Waals surface area (Å²) in [6, 6.07) is 9.93. The van der Waals surface area contributed by atoms with Crippen LogP contribution in [-0.2, 0) is 11.2 Å². The number of aromatic nitrogens is 2. The van der Waals surface area contributed by atoms with Crippen molar-refractivity contribution >= 4 is 11.8 Å². The molecule has 0 amide bonds. The van der Waals surface area contributed by atoms with Crippen molar-refractivity contribution in [1.29, 1.82) is 0 Å². The molecule has 0 spiro atoms. The topological polar surface area (TPSA) is 68.3 Å². The molecule has 0 unspecified atom stereocenters. The van der Waals surface area contributed by atoms with E-state index in [1.807, 2.05) is 18.2 Å². The van der Waals surface area contributed by atoms with Gasteiger partial charge in [-0.2, -0.15) is 4.98 Å². The Hall–Kier alpha value is -2.34. The lowest BCUT2D eigenvalue weighted by Crippen LogP contribution is -2.12. The molecule has 6 nitrogen and oxygen atoms in total. The van der Waals surface area contributed by atoms with Gasteiger partial charge in [0, 0.05) is 26.4 Å². The molecular weight excluding hydrogens is 280 g/mol. The summed E-state index contributed by atoms with van der Waals surface area (Å²) < 4.78 is 10.1. The van der Waals surface area contributed by atoms with Gasteiger partial charge in [0.1, 0.15) is 11.6 Å². The molecule has 2 N–H and O–H groups in total. The molecule has 0 saturated carbocycles. The van der Waals surface area contributed by atoms with Crippen LogP contribution in [-0.4, -0.2) is 43.9 Å². The Bertz CT molecular complexity index is 560. The molecule has 0 saturated heterocycles. The summed E-state index contributed by atoms with van der Waals surface area (Å²) in [5.41, 5.74) is 1.25. The third-order valence-corrected chi connectivity index (χ3v) is 3.12. The van der Waals surface area contributed by atoms with Crippen LogP contribution in [0.2, 0.25) is 0 Å². The van der Waals surface area contributed by atoms with E-state index in [9.17, 15) is 0 Å². The molecule has 2 aromatic rings. The van der Waals surface area contributed by atoms with Crippen molar-refractivity contribution in [3.8, 4) is 5.75 Å². The number of rotatable bonds is 9. The van der Waals surface area contributed by atoms with Crippen LogP contribution in [0.5, 0.6) is 5.75 Å².